The quantitative estimate of drug-likeness (QED) is 0.749. The van der Waals surface area contributed by atoms with Crippen LogP contribution >= 0.6 is 0 Å². The molecule has 0 atom stereocenters. The molecular weight excluding hydrogens is 358 g/mol. The molecule has 1 heterocycles. The van der Waals surface area contributed by atoms with Gasteiger partial charge in [-0.2, -0.15) is 0 Å². The Balaban J connectivity index is 1.41. The predicted octanol–water partition coefficient (Wildman–Crippen LogP) is 1.42. The number of carbonyl (C=O) groups excluding carboxylic acids is 3. The van der Waals surface area contributed by atoms with Crippen LogP contribution in [0, 0.1) is 11.8 Å². The zero-order chi connectivity index (χ0) is 19.9. The molecule has 1 aliphatic heterocycles. The van der Waals surface area contributed by atoms with E-state index < -0.39 is 0 Å². The van der Waals surface area contributed by atoms with Gasteiger partial charge in [0.2, 0.25) is 18.2 Å². The number of nitrogens with one attached hydrogen (secondary N) is 1. The molecule has 1 aromatic carbocycles. The second kappa shape index (κ2) is 9.57. The molecule has 7 nitrogen and oxygen atoms in total. The third-order valence-corrected chi connectivity index (χ3v) is 5.85. The van der Waals surface area contributed by atoms with Crippen LogP contribution in [0.4, 0.5) is 0 Å². The normalized spacial score (nSPS) is 22.5. The van der Waals surface area contributed by atoms with Crippen LogP contribution in [0.15, 0.2) is 24.3 Å². The number of ether oxygens (including phenoxy) is 1. The zero-order valence-electron chi connectivity index (χ0n) is 16.4. The molecule has 3 rings (SSSR count). The van der Waals surface area contributed by atoms with E-state index in [2.05, 4.69) is 5.32 Å². The maximum Gasteiger partial charge on any atom is 0.225 e. The van der Waals surface area contributed by atoms with Crippen molar-refractivity contribution in [2.24, 2.45) is 11.8 Å². The second-order valence-corrected chi connectivity index (χ2v) is 7.58. The monoisotopic (exact) mass is 387 g/mol. The van der Waals surface area contributed by atoms with Gasteiger partial charge in [-0.05, 0) is 43.4 Å². The highest BCUT2D eigenvalue weighted by molar-refractivity contribution is 5.81. The van der Waals surface area contributed by atoms with Crippen LogP contribution in [-0.4, -0.2) is 61.3 Å². The maximum atomic E-state index is 12.7. The summed E-state index contributed by atoms with van der Waals surface area (Å²) in [6.45, 7) is 2.94. The Morgan fingerprint density at radius 3 is 2.21 bits per heavy atom. The molecule has 2 fully saturated rings. The highest BCUT2D eigenvalue weighted by atomic mass is 16.5. The third-order valence-electron chi connectivity index (χ3n) is 5.85. The van der Waals surface area contributed by atoms with Crippen molar-refractivity contribution in [1.82, 2.24) is 15.1 Å². The standard InChI is InChI=1S/C21H29N3O4/c1-28-19-8-2-16(3-9-19)14-22-20(26)17-4-6-18(7-5-17)21(27)24-12-10-23(15-25)11-13-24/h2-3,8-9,15,17-18H,4-7,10-14H2,1H3,(H,22,26). The minimum absolute atomic E-state index is 0.00780. The van der Waals surface area contributed by atoms with Crippen LogP contribution in [0.1, 0.15) is 31.2 Å². The summed E-state index contributed by atoms with van der Waals surface area (Å²) in [7, 11) is 1.63. The van der Waals surface area contributed by atoms with Crippen molar-refractivity contribution >= 4 is 18.2 Å². The largest absolute Gasteiger partial charge is 0.497 e. The Morgan fingerprint density at radius 2 is 1.64 bits per heavy atom. The Labute approximate surface area is 166 Å². The summed E-state index contributed by atoms with van der Waals surface area (Å²) in [4.78, 5) is 39.5. The van der Waals surface area contributed by atoms with Gasteiger partial charge in [0.15, 0.2) is 0 Å². The lowest BCUT2D eigenvalue weighted by atomic mass is 9.80. The minimum atomic E-state index is -0.0193. The van der Waals surface area contributed by atoms with E-state index in [0.717, 1.165) is 43.4 Å². The molecule has 2 aliphatic rings. The fourth-order valence-electron chi connectivity index (χ4n) is 3.99. The van der Waals surface area contributed by atoms with Gasteiger partial charge in [-0.1, -0.05) is 12.1 Å². The van der Waals surface area contributed by atoms with E-state index in [1.165, 1.54) is 0 Å². The van der Waals surface area contributed by atoms with Gasteiger partial charge in [0, 0.05) is 44.6 Å². The van der Waals surface area contributed by atoms with E-state index in [4.69, 9.17) is 4.74 Å². The number of carbonyl (C=O) groups is 3. The number of piperazine rings is 1. The lowest BCUT2D eigenvalue weighted by Crippen LogP contribution is -2.50. The molecule has 3 amide bonds. The van der Waals surface area contributed by atoms with Crippen molar-refractivity contribution in [3.05, 3.63) is 29.8 Å². The van der Waals surface area contributed by atoms with Crippen molar-refractivity contribution in [2.75, 3.05) is 33.3 Å². The molecular formula is C21H29N3O4. The number of nitrogens with zero attached hydrogens (tertiary/aromatic N) is 2. The molecule has 1 aliphatic carbocycles. The first-order valence-electron chi connectivity index (χ1n) is 9.99. The molecule has 0 bridgehead atoms. The number of hydrogen-bond acceptors (Lipinski definition) is 4. The third kappa shape index (κ3) is 5.03. The summed E-state index contributed by atoms with van der Waals surface area (Å²) < 4.78 is 5.14. The van der Waals surface area contributed by atoms with E-state index in [1.807, 2.05) is 29.2 Å². The van der Waals surface area contributed by atoms with Crippen molar-refractivity contribution in [3.63, 3.8) is 0 Å². The summed E-state index contributed by atoms with van der Waals surface area (Å²) in [6.07, 6.45) is 3.86. The van der Waals surface area contributed by atoms with Gasteiger partial charge in [0.05, 0.1) is 7.11 Å². The van der Waals surface area contributed by atoms with Gasteiger partial charge >= 0.3 is 0 Å². The molecule has 1 saturated heterocycles. The summed E-state index contributed by atoms with van der Waals surface area (Å²) in [5, 5.41) is 3.01. The average molecular weight is 387 g/mol. The number of hydrogen-bond donors (Lipinski definition) is 1. The van der Waals surface area contributed by atoms with E-state index >= 15 is 0 Å². The summed E-state index contributed by atoms with van der Waals surface area (Å²) in [5.74, 6) is 1.04. The average Bonchev–Trinajstić information content (AvgIpc) is 2.77. The van der Waals surface area contributed by atoms with Crippen LogP contribution < -0.4 is 10.1 Å². The van der Waals surface area contributed by atoms with Gasteiger partial charge < -0.3 is 19.9 Å². The van der Waals surface area contributed by atoms with Crippen LogP contribution in [0.25, 0.3) is 0 Å². The molecule has 0 unspecified atom stereocenters. The minimum Gasteiger partial charge on any atom is -0.497 e. The van der Waals surface area contributed by atoms with Crippen LogP contribution in [-0.2, 0) is 20.9 Å². The molecule has 152 valence electrons. The first-order chi connectivity index (χ1) is 13.6. The fraction of sp³-hybridized carbons (Fsp3) is 0.571. The lowest BCUT2D eigenvalue weighted by molar-refractivity contribution is -0.141. The van der Waals surface area contributed by atoms with Crippen LogP contribution in [0.5, 0.6) is 5.75 Å². The Bertz CT molecular complexity index is 675. The lowest BCUT2D eigenvalue weighted by Gasteiger charge is -2.36. The SMILES string of the molecule is COc1ccc(CNC(=O)C2CCC(C(=O)N3CCN(C=O)CC3)CC2)cc1. The van der Waals surface area contributed by atoms with E-state index in [9.17, 15) is 14.4 Å². The van der Waals surface area contributed by atoms with E-state index in [-0.39, 0.29) is 23.7 Å². The smallest absolute Gasteiger partial charge is 0.225 e. The van der Waals surface area contributed by atoms with Gasteiger partial charge in [-0.25, -0.2) is 0 Å². The zero-order valence-corrected chi connectivity index (χ0v) is 16.4. The summed E-state index contributed by atoms with van der Waals surface area (Å²) in [6, 6.07) is 7.65. The number of amides is 3. The van der Waals surface area contributed by atoms with E-state index in [0.29, 0.717) is 32.7 Å². The molecule has 1 N–H and O–H groups in total. The fourth-order valence-corrected chi connectivity index (χ4v) is 3.99. The molecule has 1 saturated carbocycles. The van der Waals surface area contributed by atoms with Gasteiger partial charge in [-0.15, -0.1) is 0 Å². The van der Waals surface area contributed by atoms with Gasteiger partial charge in [-0.3, -0.25) is 14.4 Å². The first kappa shape index (κ1) is 20.2. The second-order valence-electron chi connectivity index (χ2n) is 7.58. The Morgan fingerprint density at radius 1 is 1.04 bits per heavy atom. The van der Waals surface area contributed by atoms with Crippen LogP contribution in [0.3, 0.4) is 0 Å². The van der Waals surface area contributed by atoms with Crippen molar-refractivity contribution in [3.8, 4) is 5.75 Å². The number of methoxy groups -OCH3 is 1. The van der Waals surface area contributed by atoms with Gasteiger partial charge in [0.1, 0.15) is 5.75 Å². The van der Waals surface area contributed by atoms with Crippen LogP contribution in [0.2, 0.25) is 0 Å². The Hall–Kier alpha value is -2.57. The van der Waals surface area contributed by atoms with Crippen molar-refractivity contribution in [2.45, 2.75) is 32.2 Å². The number of rotatable bonds is 6. The van der Waals surface area contributed by atoms with Crippen molar-refractivity contribution in [1.29, 1.82) is 0 Å². The molecule has 0 spiro atoms. The topological polar surface area (TPSA) is 79.0 Å². The Kier molecular flexibility index (Phi) is 6.90. The highest BCUT2D eigenvalue weighted by Gasteiger charge is 2.33. The summed E-state index contributed by atoms with van der Waals surface area (Å²) >= 11 is 0. The highest BCUT2D eigenvalue weighted by Crippen LogP contribution is 2.30. The molecule has 0 aromatic heterocycles. The molecule has 28 heavy (non-hydrogen) atoms. The summed E-state index contributed by atoms with van der Waals surface area (Å²) in [5.41, 5.74) is 1.03. The predicted molar refractivity (Wildman–Crippen MR) is 105 cm³/mol. The molecule has 1 aromatic rings. The van der Waals surface area contributed by atoms with E-state index in [1.54, 1.807) is 12.0 Å². The van der Waals surface area contributed by atoms with Gasteiger partial charge in [0.25, 0.3) is 0 Å². The molecule has 0 radical (unpaired) electrons. The maximum absolute atomic E-state index is 12.7. The first-order valence-corrected chi connectivity index (χ1v) is 9.99. The number of benzene rings is 1. The van der Waals surface area contributed by atoms with Crippen molar-refractivity contribution < 1.29 is 19.1 Å². The molecule has 7 heteroatoms.